The van der Waals surface area contributed by atoms with Crippen LogP contribution in [0.25, 0.3) is 0 Å². The highest BCUT2D eigenvalue weighted by Gasteiger charge is 2.24. The molecule has 1 fully saturated rings. The van der Waals surface area contributed by atoms with Crippen LogP contribution in [0.2, 0.25) is 0 Å². The van der Waals surface area contributed by atoms with Gasteiger partial charge in [-0.2, -0.15) is 0 Å². The van der Waals surface area contributed by atoms with Gasteiger partial charge in [-0.05, 0) is 37.0 Å². The number of hydrogen-bond acceptors (Lipinski definition) is 4. The normalized spacial score (nSPS) is 15.0. The molecule has 0 aromatic heterocycles. The lowest BCUT2D eigenvalue weighted by atomic mass is 10.0. The van der Waals surface area contributed by atoms with Crippen LogP contribution in [0.4, 0.5) is 0 Å². The van der Waals surface area contributed by atoms with E-state index in [1.165, 1.54) is 6.07 Å². The Balaban J connectivity index is 1.84. The van der Waals surface area contributed by atoms with E-state index in [1.54, 1.807) is 18.2 Å². The molecule has 2 rings (SSSR count). The van der Waals surface area contributed by atoms with Gasteiger partial charge in [0.25, 0.3) is 5.91 Å². The average molecular weight is 362 g/mol. The molecule has 0 aliphatic carbocycles. The summed E-state index contributed by atoms with van der Waals surface area (Å²) >= 11 is 0. The Morgan fingerprint density at radius 3 is 2.58 bits per heavy atom. The van der Waals surface area contributed by atoms with Gasteiger partial charge in [0.05, 0.1) is 0 Å². The summed E-state index contributed by atoms with van der Waals surface area (Å²) in [6, 6.07) is 6.47. The third-order valence-corrected chi connectivity index (χ3v) is 4.22. The summed E-state index contributed by atoms with van der Waals surface area (Å²) in [5.74, 6) is -0.436. The molecule has 7 nitrogen and oxygen atoms in total. The SMILES string of the molecule is CC(C)CC(=O)N1CCC(NC(=O)c2cccc(OCC(=O)O)c2)CC1. The number of likely N-dealkylation sites (tertiary alicyclic amines) is 1. The van der Waals surface area contributed by atoms with Crippen LogP contribution in [-0.2, 0) is 9.59 Å². The number of carbonyl (C=O) groups excluding carboxylic acids is 2. The van der Waals surface area contributed by atoms with Gasteiger partial charge >= 0.3 is 5.97 Å². The Morgan fingerprint density at radius 1 is 1.27 bits per heavy atom. The number of carboxylic acid groups (broad SMARTS) is 1. The molecule has 1 aliphatic rings. The summed E-state index contributed by atoms with van der Waals surface area (Å²) in [6.07, 6.45) is 2.01. The summed E-state index contributed by atoms with van der Waals surface area (Å²) in [5, 5.41) is 11.6. The Morgan fingerprint density at radius 2 is 1.96 bits per heavy atom. The molecular formula is C19H26N2O5. The third-order valence-electron chi connectivity index (χ3n) is 4.22. The molecule has 0 atom stereocenters. The Kier molecular flexibility index (Phi) is 7.00. The number of hydrogen-bond donors (Lipinski definition) is 2. The second-order valence-corrected chi connectivity index (χ2v) is 6.94. The van der Waals surface area contributed by atoms with Gasteiger partial charge in [-0.1, -0.05) is 19.9 Å². The summed E-state index contributed by atoms with van der Waals surface area (Å²) in [5.41, 5.74) is 0.422. The van der Waals surface area contributed by atoms with Crippen molar-refractivity contribution in [2.75, 3.05) is 19.7 Å². The molecule has 142 valence electrons. The van der Waals surface area contributed by atoms with Crippen molar-refractivity contribution in [3.8, 4) is 5.75 Å². The van der Waals surface area contributed by atoms with Crippen molar-refractivity contribution < 1.29 is 24.2 Å². The topological polar surface area (TPSA) is 95.9 Å². The lowest BCUT2D eigenvalue weighted by molar-refractivity contribution is -0.139. The van der Waals surface area contributed by atoms with Crippen molar-refractivity contribution in [2.24, 2.45) is 5.92 Å². The number of benzene rings is 1. The predicted molar refractivity (Wildman–Crippen MR) is 96.1 cm³/mol. The molecule has 1 heterocycles. The number of amides is 2. The van der Waals surface area contributed by atoms with Crippen LogP contribution in [0.3, 0.4) is 0 Å². The van der Waals surface area contributed by atoms with E-state index in [1.807, 2.05) is 18.7 Å². The van der Waals surface area contributed by atoms with E-state index in [0.717, 1.165) is 12.8 Å². The van der Waals surface area contributed by atoms with E-state index < -0.39 is 12.6 Å². The fourth-order valence-corrected chi connectivity index (χ4v) is 2.89. The number of piperidine rings is 1. The van der Waals surface area contributed by atoms with Crippen LogP contribution < -0.4 is 10.1 Å². The Bertz CT molecular complexity index is 651. The molecule has 26 heavy (non-hydrogen) atoms. The first kappa shape index (κ1) is 19.8. The maximum atomic E-state index is 12.4. The van der Waals surface area contributed by atoms with Gasteiger partial charge in [0.1, 0.15) is 5.75 Å². The van der Waals surface area contributed by atoms with Gasteiger partial charge < -0.3 is 20.1 Å². The zero-order chi connectivity index (χ0) is 19.1. The van der Waals surface area contributed by atoms with Crippen molar-refractivity contribution in [1.29, 1.82) is 0 Å². The summed E-state index contributed by atoms with van der Waals surface area (Å²) < 4.78 is 5.10. The quantitative estimate of drug-likeness (QED) is 0.772. The summed E-state index contributed by atoms with van der Waals surface area (Å²) in [6.45, 7) is 4.91. The molecule has 0 radical (unpaired) electrons. The number of ether oxygens (including phenoxy) is 1. The average Bonchev–Trinajstić information content (AvgIpc) is 2.60. The van der Waals surface area contributed by atoms with Gasteiger partial charge in [-0.3, -0.25) is 9.59 Å². The minimum absolute atomic E-state index is 0.0224. The van der Waals surface area contributed by atoms with Crippen molar-refractivity contribution in [2.45, 2.75) is 39.2 Å². The number of carboxylic acids is 1. The van der Waals surface area contributed by atoms with Crippen molar-refractivity contribution >= 4 is 17.8 Å². The van der Waals surface area contributed by atoms with Crippen molar-refractivity contribution in [1.82, 2.24) is 10.2 Å². The first-order valence-corrected chi connectivity index (χ1v) is 8.88. The maximum Gasteiger partial charge on any atom is 0.341 e. The zero-order valence-electron chi connectivity index (χ0n) is 15.2. The molecule has 0 unspecified atom stereocenters. The molecule has 2 N–H and O–H groups in total. The molecular weight excluding hydrogens is 336 g/mol. The highest BCUT2D eigenvalue weighted by Crippen LogP contribution is 2.16. The van der Waals surface area contributed by atoms with Crippen molar-refractivity contribution in [3.63, 3.8) is 0 Å². The van der Waals surface area contributed by atoms with E-state index in [4.69, 9.17) is 9.84 Å². The van der Waals surface area contributed by atoms with E-state index in [2.05, 4.69) is 5.32 Å². The number of nitrogens with zero attached hydrogens (tertiary/aromatic N) is 1. The monoisotopic (exact) mass is 362 g/mol. The summed E-state index contributed by atoms with van der Waals surface area (Å²) in [4.78, 5) is 36.9. The first-order chi connectivity index (χ1) is 12.3. The molecule has 7 heteroatoms. The Labute approximate surface area is 153 Å². The second kappa shape index (κ2) is 9.22. The molecule has 1 aliphatic heterocycles. The molecule has 1 aromatic carbocycles. The minimum Gasteiger partial charge on any atom is -0.482 e. The highest BCUT2D eigenvalue weighted by molar-refractivity contribution is 5.94. The minimum atomic E-state index is -1.07. The predicted octanol–water partition coefficient (Wildman–Crippen LogP) is 1.92. The van der Waals surface area contributed by atoms with Gasteiger partial charge in [0.2, 0.25) is 5.91 Å². The number of rotatable bonds is 7. The Hall–Kier alpha value is -2.57. The van der Waals surface area contributed by atoms with E-state index in [-0.39, 0.29) is 17.9 Å². The zero-order valence-corrected chi connectivity index (χ0v) is 15.2. The lowest BCUT2D eigenvalue weighted by Gasteiger charge is -2.32. The van der Waals surface area contributed by atoms with E-state index in [0.29, 0.717) is 36.7 Å². The van der Waals surface area contributed by atoms with Gasteiger partial charge in [0.15, 0.2) is 6.61 Å². The van der Waals surface area contributed by atoms with Crippen LogP contribution in [0.1, 0.15) is 43.5 Å². The molecule has 0 bridgehead atoms. The fourth-order valence-electron chi connectivity index (χ4n) is 2.89. The smallest absolute Gasteiger partial charge is 0.341 e. The molecule has 1 aromatic rings. The van der Waals surface area contributed by atoms with Crippen LogP contribution >= 0.6 is 0 Å². The standard InChI is InChI=1S/C19H26N2O5/c1-13(2)10-17(22)21-8-6-15(7-9-21)20-19(25)14-4-3-5-16(11-14)26-12-18(23)24/h3-5,11,13,15H,6-10,12H2,1-2H3,(H,20,25)(H,23,24). The van der Waals surface area contributed by atoms with Crippen LogP contribution in [0.5, 0.6) is 5.75 Å². The molecule has 0 saturated carbocycles. The molecule has 1 saturated heterocycles. The van der Waals surface area contributed by atoms with E-state index in [9.17, 15) is 14.4 Å². The number of nitrogens with one attached hydrogen (secondary N) is 1. The van der Waals surface area contributed by atoms with E-state index >= 15 is 0 Å². The lowest BCUT2D eigenvalue weighted by Crippen LogP contribution is -2.46. The maximum absolute atomic E-state index is 12.4. The first-order valence-electron chi connectivity index (χ1n) is 8.88. The largest absolute Gasteiger partial charge is 0.482 e. The third kappa shape index (κ3) is 6.06. The second-order valence-electron chi connectivity index (χ2n) is 6.94. The number of carbonyl (C=O) groups is 3. The van der Waals surface area contributed by atoms with Gasteiger partial charge in [0, 0.05) is 31.1 Å². The van der Waals surface area contributed by atoms with Crippen LogP contribution in [-0.4, -0.2) is 53.5 Å². The van der Waals surface area contributed by atoms with Gasteiger partial charge in [-0.25, -0.2) is 4.79 Å². The molecule has 2 amide bonds. The highest BCUT2D eigenvalue weighted by atomic mass is 16.5. The van der Waals surface area contributed by atoms with Crippen LogP contribution in [0.15, 0.2) is 24.3 Å². The van der Waals surface area contributed by atoms with Crippen LogP contribution in [0, 0.1) is 5.92 Å². The van der Waals surface area contributed by atoms with Gasteiger partial charge in [-0.15, -0.1) is 0 Å². The fraction of sp³-hybridized carbons (Fsp3) is 0.526. The van der Waals surface area contributed by atoms with Crippen molar-refractivity contribution in [3.05, 3.63) is 29.8 Å². The molecule has 0 spiro atoms. The number of aliphatic carboxylic acids is 1. The summed E-state index contributed by atoms with van der Waals surface area (Å²) in [7, 11) is 0.